The van der Waals surface area contributed by atoms with Crippen LogP contribution in [0.2, 0.25) is 0 Å². The second kappa shape index (κ2) is 4.10. The first-order valence-corrected chi connectivity index (χ1v) is 6.30. The Balaban J connectivity index is 2.28. The quantitative estimate of drug-likeness (QED) is 0.869. The Bertz CT molecular complexity index is 471. The van der Waals surface area contributed by atoms with Gasteiger partial charge in [-0.3, -0.25) is 4.79 Å². The van der Waals surface area contributed by atoms with Crippen LogP contribution in [0.25, 0.3) is 0 Å². The first kappa shape index (κ1) is 12.0. The van der Waals surface area contributed by atoms with Gasteiger partial charge in [-0.2, -0.15) is 0 Å². The Kier molecular flexibility index (Phi) is 2.91. The van der Waals surface area contributed by atoms with Crippen molar-refractivity contribution in [2.45, 2.75) is 32.2 Å². The van der Waals surface area contributed by atoms with Gasteiger partial charge in [0.15, 0.2) is 0 Å². The molecule has 2 heterocycles. The predicted octanol–water partition coefficient (Wildman–Crippen LogP) is 1.53. The maximum Gasteiger partial charge on any atom is 0.329 e. The van der Waals surface area contributed by atoms with Crippen molar-refractivity contribution in [2.24, 2.45) is 0 Å². The highest BCUT2D eigenvalue weighted by Crippen LogP contribution is 2.30. The number of carboxylic acids is 1. The second-order valence-electron chi connectivity index (χ2n) is 4.39. The number of aryl methyl sites for hydroxylation is 1. The summed E-state index contributed by atoms with van der Waals surface area (Å²) < 4.78 is 0. The minimum Gasteiger partial charge on any atom is -0.480 e. The number of carbonyl (C=O) groups excluding carboxylic acids is 1. The molecule has 1 aliphatic heterocycles. The third-order valence-electron chi connectivity index (χ3n) is 3.19. The van der Waals surface area contributed by atoms with Crippen LogP contribution in [0.3, 0.4) is 0 Å². The minimum absolute atomic E-state index is 0.281. The van der Waals surface area contributed by atoms with E-state index in [1.54, 1.807) is 12.3 Å². The van der Waals surface area contributed by atoms with E-state index in [4.69, 9.17) is 0 Å². The minimum atomic E-state index is -1.09. The second-order valence-corrected chi connectivity index (χ2v) is 5.45. The first-order valence-electron chi connectivity index (χ1n) is 5.42. The fraction of sp³-hybridized carbons (Fsp3) is 0.545. The molecule has 1 unspecified atom stereocenters. The molecular formula is C11H14N2O3S. The van der Waals surface area contributed by atoms with Gasteiger partial charge in [0, 0.05) is 11.9 Å². The number of aromatic nitrogens is 1. The molecule has 0 spiro atoms. The summed E-state index contributed by atoms with van der Waals surface area (Å²) in [6.07, 6.45) is 1.22. The molecule has 1 N–H and O–H groups in total. The standard InChI is InChI=1S/C11H14N2O3S/c1-7-12-8(6-17-7)9(14)13-5-3-4-11(13,2)10(15)16/h6H,3-5H2,1-2H3,(H,15,16). The normalized spacial score (nSPS) is 24.0. The van der Waals surface area contributed by atoms with Gasteiger partial charge in [0.05, 0.1) is 5.01 Å². The molecule has 1 amide bonds. The zero-order chi connectivity index (χ0) is 12.6. The van der Waals surface area contributed by atoms with Gasteiger partial charge >= 0.3 is 5.97 Å². The van der Waals surface area contributed by atoms with Crippen LogP contribution in [0.15, 0.2) is 5.38 Å². The molecule has 0 aromatic carbocycles. The molecule has 1 saturated heterocycles. The molecule has 2 rings (SSSR count). The molecule has 1 fully saturated rings. The van der Waals surface area contributed by atoms with Crippen LogP contribution in [0.5, 0.6) is 0 Å². The molecule has 0 bridgehead atoms. The Morgan fingerprint density at radius 1 is 1.59 bits per heavy atom. The van der Waals surface area contributed by atoms with Crippen LogP contribution in [0.1, 0.15) is 35.3 Å². The highest BCUT2D eigenvalue weighted by molar-refractivity contribution is 7.09. The van der Waals surface area contributed by atoms with E-state index in [2.05, 4.69) is 4.98 Å². The molecule has 5 nitrogen and oxygen atoms in total. The van der Waals surface area contributed by atoms with Crippen molar-refractivity contribution >= 4 is 23.2 Å². The fourth-order valence-corrected chi connectivity index (χ4v) is 2.70. The molecular weight excluding hydrogens is 240 g/mol. The maximum atomic E-state index is 12.2. The predicted molar refractivity (Wildman–Crippen MR) is 63.2 cm³/mol. The van der Waals surface area contributed by atoms with Crippen molar-refractivity contribution in [3.05, 3.63) is 16.1 Å². The van der Waals surface area contributed by atoms with Crippen LogP contribution in [-0.2, 0) is 4.79 Å². The molecule has 0 aliphatic carbocycles. The van der Waals surface area contributed by atoms with E-state index in [1.165, 1.54) is 16.2 Å². The number of hydrogen-bond donors (Lipinski definition) is 1. The van der Waals surface area contributed by atoms with Gasteiger partial charge in [-0.15, -0.1) is 11.3 Å². The zero-order valence-electron chi connectivity index (χ0n) is 9.77. The maximum absolute atomic E-state index is 12.2. The largest absolute Gasteiger partial charge is 0.480 e. The number of aliphatic carboxylic acids is 1. The van der Waals surface area contributed by atoms with E-state index in [0.29, 0.717) is 18.7 Å². The number of amides is 1. The third-order valence-corrected chi connectivity index (χ3v) is 3.96. The third kappa shape index (κ3) is 1.93. The molecule has 1 atom stereocenters. The smallest absolute Gasteiger partial charge is 0.329 e. The van der Waals surface area contributed by atoms with Crippen LogP contribution in [0, 0.1) is 6.92 Å². The van der Waals surface area contributed by atoms with Crippen molar-refractivity contribution in [1.82, 2.24) is 9.88 Å². The Morgan fingerprint density at radius 3 is 2.82 bits per heavy atom. The van der Waals surface area contributed by atoms with E-state index >= 15 is 0 Å². The van der Waals surface area contributed by atoms with Gasteiger partial charge < -0.3 is 10.0 Å². The summed E-state index contributed by atoms with van der Waals surface area (Å²) in [5.41, 5.74) is -0.740. The zero-order valence-corrected chi connectivity index (χ0v) is 10.6. The van der Waals surface area contributed by atoms with Gasteiger partial charge in [0.25, 0.3) is 5.91 Å². The molecule has 17 heavy (non-hydrogen) atoms. The molecule has 1 aliphatic rings. The SMILES string of the molecule is Cc1nc(C(=O)N2CCCC2(C)C(=O)O)cs1. The lowest BCUT2D eigenvalue weighted by atomic mass is 9.99. The fourth-order valence-electron chi connectivity index (χ4n) is 2.11. The van der Waals surface area contributed by atoms with Crippen LogP contribution < -0.4 is 0 Å². The highest BCUT2D eigenvalue weighted by atomic mass is 32.1. The van der Waals surface area contributed by atoms with Gasteiger partial charge in [0.2, 0.25) is 0 Å². The van der Waals surface area contributed by atoms with E-state index in [-0.39, 0.29) is 5.91 Å². The topological polar surface area (TPSA) is 70.5 Å². The van der Waals surface area contributed by atoms with Gasteiger partial charge in [-0.05, 0) is 26.7 Å². The Labute approximate surface area is 103 Å². The lowest BCUT2D eigenvalue weighted by Gasteiger charge is -2.30. The molecule has 0 radical (unpaired) electrons. The lowest BCUT2D eigenvalue weighted by molar-refractivity contribution is -0.147. The van der Waals surface area contributed by atoms with Crippen LogP contribution in [-0.4, -0.2) is 39.0 Å². The molecule has 92 valence electrons. The van der Waals surface area contributed by atoms with Crippen molar-refractivity contribution < 1.29 is 14.7 Å². The summed E-state index contributed by atoms with van der Waals surface area (Å²) in [7, 11) is 0. The van der Waals surface area contributed by atoms with Gasteiger partial charge in [-0.25, -0.2) is 9.78 Å². The molecule has 1 aromatic rings. The number of hydrogen-bond acceptors (Lipinski definition) is 4. The lowest BCUT2D eigenvalue weighted by Crippen LogP contribution is -2.50. The number of carbonyl (C=O) groups is 2. The Hall–Kier alpha value is -1.43. The summed E-state index contributed by atoms with van der Waals surface area (Å²) in [5, 5.41) is 11.7. The number of thiazole rings is 1. The van der Waals surface area contributed by atoms with Gasteiger partial charge in [0.1, 0.15) is 11.2 Å². The average molecular weight is 254 g/mol. The van der Waals surface area contributed by atoms with Crippen LogP contribution in [0.4, 0.5) is 0 Å². The van der Waals surface area contributed by atoms with E-state index < -0.39 is 11.5 Å². The van der Waals surface area contributed by atoms with Crippen LogP contribution >= 0.6 is 11.3 Å². The monoisotopic (exact) mass is 254 g/mol. The Morgan fingerprint density at radius 2 is 2.29 bits per heavy atom. The van der Waals surface area contributed by atoms with Crippen molar-refractivity contribution in [2.75, 3.05) is 6.54 Å². The van der Waals surface area contributed by atoms with Crippen molar-refractivity contribution in [1.29, 1.82) is 0 Å². The van der Waals surface area contributed by atoms with E-state index in [9.17, 15) is 14.7 Å². The number of likely N-dealkylation sites (tertiary alicyclic amines) is 1. The van der Waals surface area contributed by atoms with Gasteiger partial charge in [-0.1, -0.05) is 0 Å². The van der Waals surface area contributed by atoms with E-state index in [0.717, 1.165) is 11.4 Å². The van der Waals surface area contributed by atoms with E-state index in [1.807, 2.05) is 6.92 Å². The first-order chi connectivity index (χ1) is 7.95. The molecule has 6 heteroatoms. The summed E-state index contributed by atoms with van der Waals surface area (Å²) in [6.45, 7) is 3.90. The summed E-state index contributed by atoms with van der Waals surface area (Å²) >= 11 is 1.39. The van der Waals surface area contributed by atoms with Crippen molar-refractivity contribution in [3.63, 3.8) is 0 Å². The van der Waals surface area contributed by atoms with Crippen molar-refractivity contribution in [3.8, 4) is 0 Å². The summed E-state index contributed by atoms with van der Waals surface area (Å²) in [4.78, 5) is 29.0. The summed E-state index contributed by atoms with van der Waals surface area (Å²) in [6, 6.07) is 0. The average Bonchev–Trinajstić information content (AvgIpc) is 2.85. The number of carboxylic acid groups (broad SMARTS) is 1. The summed E-state index contributed by atoms with van der Waals surface area (Å²) in [5.74, 6) is -1.23. The number of nitrogens with zero attached hydrogens (tertiary/aromatic N) is 2. The molecule has 0 saturated carbocycles. The highest BCUT2D eigenvalue weighted by Gasteiger charge is 2.46. The number of rotatable bonds is 2. The molecule has 1 aromatic heterocycles.